The van der Waals surface area contributed by atoms with Gasteiger partial charge in [-0.3, -0.25) is 0 Å². The summed E-state index contributed by atoms with van der Waals surface area (Å²) in [5.41, 5.74) is 4.70. The van der Waals surface area contributed by atoms with Gasteiger partial charge in [0.2, 0.25) is 0 Å². The third kappa shape index (κ3) is 4.47. The molecule has 134 valence electrons. The highest BCUT2D eigenvalue weighted by Gasteiger charge is 2.08. The maximum absolute atomic E-state index is 9.53. The zero-order valence-electron chi connectivity index (χ0n) is 15.2. The molecule has 5 heteroatoms. The molecule has 0 saturated carbocycles. The van der Waals surface area contributed by atoms with Crippen molar-refractivity contribution in [1.82, 2.24) is 4.98 Å². The van der Waals surface area contributed by atoms with Crippen molar-refractivity contribution in [1.29, 1.82) is 21.0 Å². The first-order valence-corrected chi connectivity index (χ1v) is 8.60. The molecule has 0 spiro atoms. The molecule has 0 unspecified atom stereocenters. The minimum absolute atomic E-state index is 0.414. The summed E-state index contributed by atoms with van der Waals surface area (Å²) in [5.74, 6) is 0. The van der Waals surface area contributed by atoms with E-state index in [0.717, 1.165) is 11.1 Å². The standard InChI is InChI=1S/C24H13N5/c25-13-19-5-1-17(2-6-19)11-21(15-27)23-9-10-24(29-23)22(16-28)12-18-3-7-20(14-26)8-4-18/h1-12,29H/b21-11-,22-12-. The van der Waals surface area contributed by atoms with Crippen LogP contribution in [0.4, 0.5) is 0 Å². The van der Waals surface area contributed by atoms with Gasteiger partial charge in [-0.25, -0.2) is 0 Å². The van der Waals surface area contributed by atoms with Crippen LogP contribution in [0.25, 0.3) is 23.3 Å². The summed E-state index contributed by atoms with van der Waals surface area (Å²) >= 11 is 0. The molecule has 0 atom stereocenters. The normalized spacial score (nSPS) is 11.0. The van der Waals surface area contributed by atoms with Crippen LogP contribution in [0, 0.1) is 45.3 Å². The summed E-state index contributed by atoms with van der Waals surface area (Å²) in [7, 11) is 0. The fraction of sp³-hybridized carbons (Fsp3) is 0. The van der Waals surface area contributed by atoms with Gasteiger partial charge >= 0.3 is 0 Å². The Bertz CT molecular complexity index is 1160. The molecule has 1 aromatic heterocycles. The van der Waals surface area contributed by atoms with Gasteiger partial charge in [-0.15, -0.1) is 0 Å². The second kappa shape index (κ2) is 8.70. The molecule has 0 radical (unpaired) electrons. The lowest BCUT2D eigenvalue weighted by Crippen LogP contribution is -1.86. The van der Waals surface area contributed by atoms with Gasteiger partial charge in [0.25, 0.3) is 0 Å². The summed E-state index contributed by atoms with van der Waals surface area (Å²) < 4.78 is 0. The Morgan fingerprint density at radius 2 is 0.966 bits per heavy atom. The molecular weight excluding hydrogens is 358 g/mol. The lowest BCUT2D eigenvalue weighted by Gasteiger charge is -1.99. The molecule has 0 amide bonds. The van der Waals surface area contributed by atoms with Gasteiger partial charge < -0.3 is 4.98 Å². The van der Waals surface area contributed by atoms with Crippen LogP contribution in [-0.4, -0.2) is 4.98 Å². The molecule has 5 nitrogen and oxygen atoms in total. The molecule has 1 N–H and O–H groups in total. The van der Waals surface area contributed by atoms with Gasteiger partial charge in [0, 0.05) is 0 Å². The van der Waals surface area contributed by atoms with Crippen LogP contribution in [0.5, 0.6) is 0 Å². The van der Waals surface area contributed by atoms with Crippen molar-refractivity contribution in [2.24, 2.45) is 0 Å². The van der Waals surface area contributed by atoms with E-state index in [9.17, 15) is 10.5 Å². The quantitative estimate of drug-likeness (QED) is 0.658. The van der Waals surface area contributed by atoms with E-state index in [1.54, 1.807) is 72.8 Å². The van der Waals surface area contributed by atoms with Crippen molar-refractivity contribution >= 4 is 23.3 Å². The van der Waals surface area contributed by atoms with E-state index < -0.39 is 0 Å². The molecule has 0 aliphatic carbocycles. The first-order chi connectivity index (χ1) is 14.2. The van der Waals surface area contributed by atoms with Crippen molar-refractivity contribution in [3.63, 3.8) is 0 Å². The Morgan fingerprint density at radius 3 is 1.28 bits per heavy atom. The number of hydrogen-bond donors (Lipinski definition) is 1. The Kier molecular flexibility index (Phi) is 5.68. The highest BCUT2D eigenvalue weighted by atomic mass is 14.7. The highest BCUT2D eigenvalue weighted by molar-refractivity contribution is 5.92. The van der Waals surface area contributed by atoms with Crippen molar-refractivity contribution in [3.8, 4) is 24.3 Å². The van der Waals surface area contributed by atoms with E-state index in [4.69, 9.17) is 10.5 Å². The zero-order chi connectivity index (χ0) is 20.6. The Hall–Kier alpha value is -4.84. The molecular formula is C24H13N5. The summed E-state index contributed by atoms with van der Waals surface area (Å²) in [6.45, 7) is 0. The second-order valence-corrected chi connectivity index (χ2v) is 6.09. The summed E-state index contributed by atoms with van der Waals surface area (Å²) in [4.78, 5) is 3.11. The number of H-pyrrole nitrogens is 1. The van der Waals surface area contributed by atoms with E-state index in [-0.39, 0.29) is 0 Å². The number of nitrogens with one attached hydrogen (secondary N) is 1. The fourth-order valence-corrected chi connectivity index (χ4v) is 2.69. The van der Waals surface area contributed by atoms with Crippen LogP contribution < -0.4 is 0 Å². The summed E-state index contributed by atoms with van der Waals surface area (Å²) in [6.07, 6.45) is 3.43. The van der Waals surface area contributed by atoms with E-state index in [0.29, 0.717) is 33.7 Å². The molecule has 0 saturated heterocycles. The van der Waals surface area contributed by atoms with E-state index in [1.165, 1.54) is 0 Å². The number of hydrogen-bond acceptors (Lipinski definition) is 4. The Labute approximate surface area is 168 Å². The SMILES string of the molecule is N#C/C(=C/c1ccc(C#N)cc1)c1ccc(/C(C#N)=C\c2ccc(C#N)cc2)[nH]1. The molecule has 29 heavy (non-hydrogen) atoms. The molecule has 0 bridgehead atoms. The number of nitrogens with zero attached hydrogens (tertiary/aromatic N) is 4. The minimum Gasteiger partial charge on any atom is -0.353 e. The van der Waals surface area contributed by atoms with Gasteiger partial charge in [0.05, 0.1) is 45.8 Å². The van der Waals surface area contributed by atoms with Crippen LogP contribution >= 0.6 is 0 Å². The molecule has 3 aromatic rings. The predicted octanol–water partition coefficient (Wildman–Crippen LogP) is 4.89. The number of nitriles is 4. The molecule has 3 rings (SSSR count). The lowest BCUT2D eigenvalue weighted by molar-refractivity contribution is 1.32. The maximum atomic E-state index is 9.53. The average Bonchev–Trinajstić information content (AvgIpc) is 3.26. The van der Waals surface area contributed by atoms with Crippen LogP contribution in [0.3, 0.4) is 0 Å². The van der Waals surface area contributed by atoms with Crippen molar-refractivity contribution in [2.75, 3.05) is 0 Å². The maximum Gasteiger partial charge on any atom is 0.101 e. The number of aromatic amines is 1. The highest BCUT2D eigenvalue weighted by Crippen LogP contribution is 2.22. The van der Waals surface area contributed by atoms with Crippen LogP contribution in [0.1, 0.15) is 33.6 Å². The van der Waals surface area contributed by atoms with Gasteiger partial charge in [-0.1, -0.05) is 24.3 Å². The fourth-order valence-electron chi connectivity index (χ4n) is 2.69. The van der Waals surface area contributed by atoms with E-state index in [1.807, 2.05) is 0 Å². The Morgan fingerprint density at radius 1 is 0.586 bits per heavy atom. The number of aromatic nitrogens is 1. The lowest BCUT2D eigenvalue weighted by atomic mass is 10.1. The van der Waals surface area contributed by atoms with Gasteiger partial charge in [0.1, 0.15) is 12.1 Å². The zero-order valence-corrected chi connectivity index (χ0v) is 15.2. The third-order valence-electron chi connectivity index (χ3n) is 4.21. The van der Waals surface area contributed by atoms with Crippen LogP contribution in [-0.2, 0) is 0 Å². The summed E-state index contributed by atoms with van der Waals surface area (Å²) in [6, 6.07) is 25.8. The van der Waals surface area contributed by atoms with Gasteiger partial charge in [-0.05, 0) is 59.7 Å². The van der Waals surface area contributed by atoms with Crippen LogP contribution in [0.15, 0.2) is 60.7 Å². The van der Waals surface area contributed by atoms with Gasteiger partial charge in [0.15, 0.2) is 0 Å². The van der Waals surface area contributed by atoms with Crippen molar-refractivity contribution < 1.29 is 0 Å². The molecule has 1 heterocycles. The van der Waals surface area contributed by atoms with Crippen molar-refractivity contribution in [2.45, 2.75) is 0 Å². The molecule has 0 fully saturated rings. The monoisotopic (exact) mass is 371 g/mol. The minimum atomic E-state index is 0.414. The first-order valence-electron chi connectivity index (χ1n) is 8.60. The molecule has 2 aromatic carbocycles. The predicted molar refractivity (Wildman–Crippen MR) is 110 cm³/mol. The number of allylic oxidation sites excluding steroid dienone is 2. The van der Waals surface area contributed by atoms with Crippen LogP contribution in [0.2, 0.25) is 0 Å². The summed E-state index contributed by atoms with van der Waals surface area (Å²) in [5, 5.41) is 36.8. The van der Waals surface area contributed by atoms with Gasteiger partial charge in [-0.2, -0.15) is 21.0 Å². The molecule has 0 aliphatic heterocycles. The topological polar surface area (TPSA) is 111 Å². The Balaban J connectivity index is 1.90. The number of rotatable bonds is 4. The van der Waals surface area contributed by atoms with Crippen molar-refractivity contribution in [3.05, 3.63) is 94.3 Å². The van der Waals surface area contributed by atoms with E-state index in [2.05, 4.69) is 29.3 Å². The van der Waals surface area contributed by atoms with E-state index >= 15 is 0 Å². The average molecular weight is 371 g/mol. The smallest absolute Gasteiger partial charge is 0.101 e. The molecule has 0 aliphatic rings. The second-order valence-electron chi connectivity index (χ2n) is 6.09. The first kappa shape index (κ1) is 18.9. The largest absolute Gasteiger partial charge is 0.353 e. The third-order valence-corrected chi connectivity index (χ3v) is 4.21. The number of benzene rings is 2.